The molecule has 1 heterocycles. The zero-order chi connectivity index (χ0) is 16.3. The van der Waals surface area contributed by atoms with Gasteiger partial charge >= 0.3 is 0 Å². The lowest BCUT2D eigenvalue weighted by Gasteiger charge is -2.20. The van der Waals surface area contributed by atoms with Gasteiger partial charge in [-0.3, -0.25) is 4.79 Å². The van der Waals surface area contributed by atoms with Crippen LogP contribution in [0.15, 0.2) is 34.2 Å². The third-order valence-electron chi connectivity index (χ3n) is 3.62. The van der Waals surface area contributed by atoms with Crippen LogP contribution in [0.4, 0.5) is 0 Å². The lowest BCUT2D eigenvalue weighted by molar-refractivity contribution is 0.321. The van der Waals surface area contributed by atoms with E-state index in [2.05, 4.69) is 21.8 Å². The summed E-state index contributed by atoms with van der Waals surface area (Å²) >= 11 is 1.34. The van der Waals surface area contributed by atoms with Crippen LogP contribution in [0.3, 0.4) is 0 Å². The zero-order valence-electron chi connectivity index (χ0n) is 13.0. The number of hydrogen-bond donors (Lipinski definition) is 1. The Balaban J connectivity index is 2.62. The Bertz CT molecular complexity index is 776. The van der Waals surface area contributed by atoms with Crippen LogP contribution in [-0.4, -0.2) is 35.2 Å². The lowest BCUT2D eigenvalue weighted by atomic mass is 10.0. The maximum atomic E-state index is 12.0. The van der Waals surface area contributed by atoms with Crippen LogP contribution in [-0.2, 0) is 0 Å². The van der Waals surface area contributed by atoms with Crippen LogP contribution in [0, 0.1) is 11.3 Å². The van der Waals surface area contributed by atoms with Crippen molar-refractivity contribution in [2.24, 2.45) is 0 Å². The Morgan fingerprint density at radius 3 is 2.73 bits per heavy atom. The molecule has 0 saturated carbocycles. The van der Waals surface area contributed by atoms with Crippen molar-refractivity contribution >= 4 is 11.8 Å². The first-order chi connectivity index (χ1) is 10.5. The minimum Gasteiger partial charge on any atom is -0.303 e. The van der Waals surface area contributed by atoms with Gasteiger partial charge in [0, 0.05) is 11.6 Å². The van der Waals surface area contributed by atoms with E-state index in [0.717, 1.165) is 11.1 Å². The molecule has 0 saturated heterocycles. The van der Waals surface area contributed by atoms with Crippen molar-refractivity contribution in [3.63, 3.8) is 0 Å². The second-order valence-electron chi connectivity index (χ2n) is 5.18. The predicted octanol–water partition coefficient (Wildman–Crippen LogP) is 2.65. The lowest BCUT2D eigenvalue weighted by Crippen LogP contribution is -2.17. The third kappa shape index (κ3) is 3.21. The highest BCUT2D eigenvalue weighted by molar-refractivity contribution is 7.98. The SMILES string of the molecule is CSc1nc(-c2cccc(C(C)N(C)C)c2)c(C#N)c(=O)[nH]1. The van der Waals surface area contributed by atoms with E-state index in [0.29, 0.717) is 10.9 Å². The van der Waals surface area contributed by atoms with Gasteiger partial charge in [-0.25, -0.2) is 4.98 Å². The van der Waals surface area contributed by atoms with E-state index in [4.69, 9.17) is 0 Å². The topological polar surface area (TPSA) is 72.8 Å². The summed E-state index contributed by atoms with van der Waals surface area (Å²) in [6.07, 6.45) is 1.83. The van der Waals surface area contributed by atoms with Crippen molar-refractivity contribution in [3.8, 4) is 17.3 Å². The minimum absolute atomic E-state index is 0.0486. The molecule has 6 heteroatoms. The van der Waals surface area contributed by atoms with Gasteiger partial charge in [0.15, 0.2) is 5.16 Å². The van der Waals surface area contributed by atoms with E-state index in [1.54, 1.807) is 0 Å². The molecule has 0 bridgehead atoms. The summed E-state index contributed by atoms with van der Waals surface area (Å²) in [5, 5.41) is 9.77. The molecule has 0 fully saturated rings. The number of nitriles is 1. The smallest absolute Gasteiger partial charge is 0.270 e. The van der Waals surface area contributed by atoms with Gasteiger partial charge in [0.1, 0.15) is 11.6 Å². The minimum atomic E-state index is -0.400. The molecule has 0 spiro atoms. The number of thioether (sulfide) groups is 1. The number of aromatic amines is 1. The van der Waals surface area contributed by atoms with Crippen molar-refractivity contribution < 1.29 is 0 Å². The molecule has 2 rings (SSSR count). The molecule has 0 radical (unpaired) electrons. The summed E-state index contributed by atoms with van der Waals surface area (Å²) in [5.41, 5.74) is 1.97. The third-order valence-corrected chi connectivity index (χ3v) is 4.20. The maximum absolute atomic E-state index is 12.0. The number of aromatic nitrogens is 2. The highest BCUT2D eigenvalue weighted by Crippen LogP contribution is 2.25. The summed E-state index contributed by atoms with van der Waals surface area (Å²) in [5.74, 6) is 0. The monoisotopic (exact) mass is 314 g/mol. The van der Waals surface area contributed by atoms with Gasteiger partial charge in [-0.2, -0.15) is 5.26 Å². The van der Waals surface area contributed by atoms with Gasteiger partial charge in [0.25, 0.3) is 5.56 Å². The van der Waals surface area contributed by atoms with Gasteiger partial charge in [0.2, 0.25) is 0 Å². The second kappa shape index (κ2) is 6.77. The molecule has 0 aliphatic carbocycles. The Labute approximate surface area is 134 Å². The number of H-pyrrole nitrogens is 1. The fourth-order valence-corrected chi connectivity index (χ4v) is 2.48. The molecule has 2 aromatic rings. The molecule has 0 aliphatic rings. The Morgan fingerprint density at radius 1 is 1.41 bits per heavy atom. The highest BCUT2D eigenvalue weighted by Gasteiger charge is 2.15. The molecule has 5 nitrogen and oxygen atoms in total. The van der Waals surface area contributed by atoms with Crippen LogP contribution in [0.25, 0.3) is 11.3 Å². The molecule has 1 aromatic carbocycles. The fraction of sp³-hybridized carbons (Fsp3) is 0.312. The van der Waals surface area contributed by atoms with Gasteiger partial charge < -0.3 is 9.88 Å². The predicted molar refractivity (Wildman–Crippen MR) is 88.9 cm³/mol. The number of rotatable bonds is 4. The Hall–Kier alpha value is -2.10. The van der Waals surface area contributed by atoms with Crippen molar-refractivity contribution in [1.82, 2.24) is 14.9 Å². The molecule has 1 aromatic heterocycles. The highest BCUT2D eigenvalue weighted by atomic mass is 32.2. The Kier molecular flexibility index (Phi) is 5.01. The zero-order valence-corrected chi connectivity index (χ0v) is 13.9. The number of nitrogens with one attached hydrogen (secondary N) is 1. The van der Waals surface area contributed by atoms with Crippen LogP contribution in [0.1, 0.15) is 24.1 Å². The summed E-state index contributed by atoms with van der Waals surface area (Å²) in [6.45, 7) is 2.10. The van der Waals surface area contributed by atoms with Gasteiger partial charge in [-0.15, -0.1) is 0 Å². The molecule has 1 atom stereocenters. The number of nitrogens with zero attached hydrogens (tertiary/aromatic N) is 3. The first-order valence-corrected chi connectivity index (χ1v) is 8.05. The van der Waals surface area contributed by atoms with Crippen molar-refractivity contribution in [1.29, 1.82) is 5.26 Å². The summed E-state index contributed by atoms with van der Waals surface area (Å²) < 4.78 is 0. The van der Waals surface area contributed by atoms with Crippen molar-refractivity contribution in [2.75, 3.05) is 20.4 Å². The molecule has 22 heavy (non-hydrogen) atoms. The van der Waals surface area contributed by atoms with E-state index in [9.17, 15) is 10.1 Å². The average Bonchev–Trinajstić information content (AvgIpc) is 2.53. The molecule has 1 unspecified atom stereocenters. The van der Waals surface area contributed by atoms with Crippen LogP contribution in [0.2, 0.25) is 0 Å². The van der Waals surface area contributed by atoms with Crippen LogP contribution >= 0.6 is 11.8 Å². The summed E-state index contributed by atoms with van der Waals surface area (Å²) in [6, 6.07) is 10.0. The number of hydrogen-bond acceptors (Lipinski definition) is 5. The maximum Gasteiger partial charge on any atom is 0.270 e. The second-order valence-corrected chi connectivity index (χ2v) is 5.97. The van der Waals surface area contributed by atoms with E-state index in [1.807, 2.05) is 50.7 Å². The fourth-order valence-electron chi connectivity index (χ4n) is 2.11. The largest absolute Gasteiger partial charge is 0.303 e. The summed E-state index contributed by atoms with van der Waals surface area (Å²) in [7, 11) is 4.02. The van der Waals surface area contributed by atoms with E-state index in [1.165, 1.54) is 11.8 Å². The Morgan fingerprint density at radius 2 is 2.14 bits per heavy atom. The van der Waals surface area contributed by atoms with Crippen LogP contribution < -0.4 is 5.56 Å². The van der Waals surface area contributed by atoms with Gasteiger partial charge in [-0.1, -0.05) is 30.0 Å². The average molecular weight is 314 g/mol. The van der Waals surface area contributed by atoms with E-state index >= 15 is 0 Å². The van der Waals surface area contributed by atoms with Gasteiger partial charge in [0.05, 0.1) is 5.69 Å². The quantitative estimate of drug-likeness (QED) is 0.694. The molecule has 1 N–H and O–H groups in total. The van der Waals surface area contributed by atoms with Crippen molar-refractivity contribution in [2.45, 2.75) is 18.1 Å². The van der Waals surface area contributed by atoms with Crippen LogP contribution in [0.5, 0.6) is 0 Å². The van der Waals surface area contributed by atoms with Gasteiger partial charge in [-0.05, 0) is 38.9 Å². The summed E-state index contributed by atoms with van der Waals surface area (Å²) in [4.78, 5) is 21.1. The van der Waals surface area contributed by atoms with E-state index < -0.39 is 5.56 Å². The molecule has 114 valence electrons. The normalized spacial score (nSPS) is 12.2. The van der Waals surface area contributed by atoms with Crippen molar-refractivity contribution in [3.05, 3.63) is 45.7 Å². The van der Waals surface area contributed by atoms with E-state index in [-0.39, 0.29) is 11.6 Å². The first-order valence-electron chi connectivity index (χ1n) is 6.83. The molecule has 0 aliphatic heterocycles. The molecular formula is C16H18N4OS. The number of benzene rings is 1. The molecule has 0 amide bonds. The standard InChI is InChI=1S/C16H18N4OS/c1-10(20(2)3)11-6-5-7-12(8-11)14-13(9-17)15(21)19-16(18-14)22-4/h5-8,10H,1-4H3,(H,18,19,21). The first kappa shape index (κ1) is 16.3. The molecular weight excluding hydrogens is 296 g/mol.